The Kier molecular flexibility index (Phi) is 3.91. The van der Waals surface area contributed by atoms with Crippen LogP contribution in [0.1, 0.15) is 35.1 Å². The normalized spacial score (nSPS) is 15.4. The van der Waals surface area contributed by atoms with Crippen molar-refractivity contribution in [1.29, 1.82) is 0 Å². The molecule has 4 rings (SSSR count). The van der Waals surface area contributed by atoms with Gasteiger partial charge in [0, 0.05) is 24.4 Å². The fourth-order valence-electron chi connectivity index (χ4n) is 3.59. The van der Waals surface area contributed by atoms with Crippen molar-refractivity contribution in [2.45, 2.75) is 32.9 Å². The Bertz CT molecular complexity index is 866. The molecule has 3 nitrogen and oxygen atoms in total. The van der Waals surface area contributed by atoms with E-state index in [1.807, 2.05) is 18.2 Å². The maximum absolute atomic E-state index is 13.9. The van der Waals surface area contributed by atoms with E-state index in [9.17, 15) is 4.39 Å². The van der Waals surface area contributed by atoms with Crippen LogP contribution in [0.5, 0.6) is 11.5 Å². The molecule has 0 aromatic heterocycles. The number of allylic oxidation sites excluding steroid dienone is 1. The van der Waals surface area contributed by atoms with Crippen molar-refractivity contribution in [3.8, 4) is 11.5 Å². The van der Waals surface area contributed by atoms with E-state index >= 15 is 0 Å². The summed E-state index contributed by atoms with van der Waals surface area (Å²) in [6.07, 6.45) is 2.24. The molecule has 0 bridgehead atoms. The first-order valence-corrected chi connectivity index (χ1v) is 8.58. The van der Waals surface area contributed by atoms with Crippen molar-refractivity contribution in [3.63, 3.8) is 0 Å². The Labute approximate surface area is 147 Å². The molecule has 0 spiro atoms. The number of hydrogen-bond acceptors (Lipinski definition) is 3. The zero-order chi connectivity index (χ0) is 17.6. The van der Waals surface area contributed by atoms with Gasteiger partial charge in [0.2, 0.25) is 0 Å². The molecule has 25 heavy (non-hydrogen) atoms. The van der Waals surface area contributed by atoms with E-state index in [0.29, 0.717) is 12.1 Å². The number of halogens is 1. The van der Waals surface area contributed by atoms with E-state index in [4.69, 9.17) is 9.47 Å². The largest absolute Gasteiger partial charge is 0.493 e. The van der Waals surface area contributed by atoms with E-state index in [0.717, 1.165) is 42.0 Å². The Morgan fingerprint density at radius 2 is 1.88 bits per heavy atom. The lowest BCUT2D eigenvalue weighted by atomic mass is 10.1. The Morgan fingerprint density at radius 1 is 1.08 bits per heavy atom. The van der Waals surface area contributed by atoms with Crippen LogP contribution in [0.3, 0.4) is 0 Å². The average molecular weight is 339 g/mol. The van der Waals surface area contributed by atoms with Gasteiger partial charge in [-0.25, -0.2) is 4.39 Å². The highest BCUT2D eigenvalue weighted by atomic mass is 19.1. The minimum Gasteiger partial charge on any atom is -0.493 e. The van der Waals surface area contributed by atoms with Crippen molar-refractivity contribution in [2.24, 2.45) is 0 Å². The average Bonchev–Trinajstić information content (AvgIpc) is 3.38. The molecule has 0 atom stereocenters. The van der Waals surface area contributed by atoms with Crippen LogP contribution in [0, 0.1) is 12.7 Å². The number of ether oxygens (including phenoxy) is 2. The summed E-state index contributed by atoms with van der Waals surface area (Å²) in [5, 5.41) is 0. The third kappa shape index (κ3) is 2.76. The van der Waals surface area contributed by atoms with Crippen LogP contribution in [0.25, 0.3) is 5.70 Å². The number of benzene rings is 2. The second-order valence-electron chi connectivity index (χ2n) is 6.73. The third-order valence-electron chi connectivity index (χ3n) is 4.99. The van der Waals surface area contributed by atoms with Gasteiger partial charge in [-0.15, -0.1) is 0 Å². The number of aryl methyl sites for hydroxylation is 1. The van der Waals surface area contributed by atoms with Gasteiger partial charge < -0.3 is 14.4 Å². The number of nitrogens with zero attached hydrogens (tertiary/aromatic N) is 1. The molecule has 2 aromatic carbocycles. The quantitative estimate of drug-likeness (QED) is 0.808. The number of fused-ring (bicyclic) bond motifs is 1. The van der Waals surface area contributed by atoms with Gasteiger partial charge in [0.05, 0.1) is 14.2 Å². The summed E-state index contributed by atoms with van der Waals surface area (Å²) in [5.41, 5.74) is 6.73. The molecule has 0 unspecified atom stereocenters. The minimum absolute atomic E-state index is 0.144. The van der Waals surface area contributed by atoms with Crippen LogP contribution in [-0.2, 0) is 13.1 Å². The van der Waals surface area contributed by atoms with E-state index in [1.165, 1.54) is 16.8 Å². The zero-order valence-corrected chi connectivity index (χ0v) is 14.9. The van der Waals surface area contributed by atoms with Gasteiger partial charge in [-0.3, -0.25) is 0 Å². The van der Waals surface area contributed by atoms with Crippen molar-refractivity contribution in [1.82, 2.24) is 4.90 Å². The van der Waals surface area contributed by atoms with Crippen LogP contribution < -0.4 is 9.47 Å². The van der Waals surface area contributed by atoms with Crippen LogP contribution in [-0.4, -0.2) is 19.1 Å². The highest BCUT2D eigenvalue weighted by Crippen LogP contribution is 2.50. The van der Waals surface area contributed by atoms with Crippen molar-refractivity contribution in [3.05, 3.63) is 64.0 Å². The molecule has 1 fully saturated rings. The molecule has 0 saturated heterocycles. The predicted molar refractivity (Wildman–Crippen MR) is 96.1 cm³/mol. The van der Waals surface area contributed by atoms with Crippen molar-refractivity contribution in [2.75, 3.05) is 14.2 Å². The smallest absolute Gasteiger partial charge is 0.170 e. The van der Waals surface area contributed by atoms with Gasteiger partial charge in [-0.2, -0.15) is 0 Å². The van der Waals surface area contributed by atoms with Gasteiger partial charge >= 0.3 is 0 Å². The highest BCUT2D eigenvalue weighted by Gasteiger charge is 2.34. The lowest BCUT2D eigenvalue weighted by Crippen LogP contribution is -2.15. The summed E-state index contributed by atoms with van der Waals surface area (Å²) in [4.78, 5) is 2.33. The number of methoxy groups -OCH3 is 2. The first kappa shape index (κ1) is 16.0. The molecule has 2 aromatic rings. The van der Waals surface area contributed by atoms with E-state index < -0.39 is 0 Å². The lowest BCUT2D eigenvalue weighted by Gasteiger charge is -2.21. The molecular formula is C21H22FNO2. The SMILES string of the molecule is COc1ccc2c(c1OC)C(=C1CC1)N(Cc1ccc(C)c(F)c1)C2. The molecule has 4 heteroatoms. The lowest BCUT2D eigenvalue weighted by molar-refractivity contribution is 0.353. The first-order chi connectivity index (χ1) is 12.1. The molecule has 1 aliphatic heterocycles. The number of hydrogen-bond donors (Lipinski definition) is 0. The van der Waals surface area contributed by atoms with Gasteiger partial charge in [0.15, 0.2) is 11.5 Å². The van der Waals surface area contributed by atoms with E-state index in [1.54, 1.807) is 27.2 Å². The second-order valence-corrected chi connectivity index (χ2v) is 6.73. The molecule has 130 valence electrons. The van der Waals surface area contributed by atoms with Crippen LogP contribution >= 0.6 is 0 Å². The van der Waals surface area contributed by atoms with Crippen molar-refractivity contribution >= 4 is 5.70 Å². The molecule has 1 saturated carbocycles. The summed E-state index contributed by atoms with van der Waals surface area (Å²) in [6.45, 7) is 3.29. The standard InChI is InChI=1S/C21H22FNO2/c1-13-4-5-14(10-17(13)22)11-23-12-16-8-9-18(24-2)21(25-3)19(16)20(23)15-6-7-15/h4-5,8-10H,6-7,11-12H2,1-3H3. The zero-order valence-electron chi connectivity index (χ0n) is 14.9. The summed E-state index contributed by atoms with van der Waals surface area (Å²) >= 11 is 0. The molecule has 2 aliphatic rings. The molecule has 0 radical (unpaired) electrons. The topological polar surface area (TPSA) is 21.7 Å². The predicted octanol–water partition coefficient (Wildman–Crippen LogP) is 4.67. The summed E-state index contributed by atoms with van der Waals surface area (Å²) in [6, 6.07) is 9.57. The summed E-state index contributed by atoms with van der Waals surface area (Å²) in [5.74, 6) is 1.41. The summed E-state index contributed by atoms with van der Waals surface area (Å²) < 4.78 is 25.1. The highest BCUT2D eigenvalue weighted by molar-refractivity contribution is 5.81. The first-order valence-electron chi connectivity index (χ1n) is 8.58. The van der Waals surface area contributed by atoms with Gasteiger partial charge in [0.25, 0.3) is 0 Å². The van der Waals surface area contributed by atoms with Crippen LogP contribution in [0.15, 0.2) is 35.9 Å². The fraction of sp³-hybridized carbons (Fsp3) is 0.333. The second kappa shape index (κ2) is 6.10. The van der Waals surface area contributed by atoms with Gasteiger partial charge in [-0.1, -0.05) is 18.2 Å². The molecule has 1 aliphatic carbocycles. The monoisotopic (exact) mass is 339 g/mol. The maximum Gasteiger partial charge on any atom is 0.170 e. The fourth-order valence-corrected chi connectivity index (χ4v) is 3.59. The molecule has 0 amide bonds. The van der Waals surface area contributed by atoms with Gasteiger partial charge in [-0.05, 0) is 54.2 Å². The van der Waals surface area contributed by atoms with Gasteiger partial charge in [0.1, 0.15) is 5.82 Å². The Hall–Kier alpha value is -2.49. The Balaban J connectivity index is 1.74. The van der Waals surface area contributed by atoms with Crippen LogP contribution in [0.2, 0.25) is 0 Å². The molecule has 1 heterocycles. The minimum atomic E-state index is -0.144. The third-order valence-corrected chi connectivity index (χ3v) is 4.99. The van der Waals surface area contributed by atoms with E-state index in [2.05, 4.69) is 11.0 Å². The maximum atomic E-state index is 13.9. The summed E-state index contributed by atoms with van der Waals surface area (Å²) in [7, 11) is 3.35. The van der Waals surface area contributed by atoms with Crippen molar-refractivity contribution < 1.29 is 13.9 Å². The van der Waals surface area contributed by atoms with E-state index in [-0.39, 0.29) is 5.82 Å². The van der Waals surface area contributed by atoms with Crippen LogP contribution in [0.4, 0.5) is 4.39 Å². The molecule has 0 N–H and O–H groups in total. The number of rotatable bonds is 4. The molecular weight excluding hydrogens is 317 g/mol. The Morgan fingerprint density at radius 3 is 2.52 bits per heavy atom.